The molecule has 1 amide bonds. The predicted octanol–water partition coefficient (Wildman–Crippen LogP) is 2.14. The molecule has 0 aliphatic heterocycles. The Kier molecular flexibility index (Phi) is 3.39. The number of carbonyl (C=O) groups excluding carboxylic acids is 1. The standard InChI is InChI=1S/C11H14ClN3O/c1-15(8-4-2-3-5-8)11(16)9-6-13-7-10(12)14-9/h6-8H,2-5H2,1H3. The van der Waals surface area contributed by atoms with Gasteiger partial charge in [-0.2, -0.15) is 0 Å². The van der Waals surface area contributed by atoms with Gasteiger partial charge in [-0.3, -0.25) is 9.78 Å². The second kappa shape index (κ2) is 4.78. The normalized spacial score (nSPS) is 16.4. The molecule has 1 aliphatic carbocycles. The Morgan fingerprint density at radius 3 is 2.75 bits per heavy atom. The lowest BCUT2D eigenvalue weighted by Crippen LogP contribution is -2.35. The second-order valence-electron chi connectivity index (χ2n) is 4.08. The van der Waals surface area contributed by atoms with Gasteiger partial charge in [0.15, 0.2) is 0 Å². The minimum Gasteiger partial charge on any atom is -0.337 e. The highest BCUT2D eigenvalue weighted by Gasteiger charge is 2.25. The van der Waals surface area contributed by atoms with Gasteiger partial charge in [-0.25, -0.2) is 4.98 Å². The summed E-state index contributed by atoms with van der Waals surface area (Å²) in [4.78, 5) is 21.7. The molecule has 0 radical (unpaired) electrons. The zero-order valence-electron chi connectivity index (χ0n) is 9.19. The summed E-state index contributed by atoms with van der Waals surface area (Å²) in [5.74, 6) is -0.0955. The van der Waals surface area contributed by atoms with Crippen LogP contribution in [-0.2, 0) is 0 Å². The zero-order chi connectivity index (χ0) is 11.5. The first-order chi connectivity index (χ1) is 7.68. The van der Waals surface area contributed by atoms with Crippen molar-refractivity contribution in [3.05, 3.63) is 23.2 Å². The third kappa shape index (κ3) is 2.32. The highest BCUT2D eigenvalue weighted by atomic mass is 35.5. The lowest BCUT2D eigenvalue weighted by molar-refractivity contribution is 0.0728. The Morgan fingerprint density at radius 1 is 1.44 bits per heavy atom. The van der Waals surface area contributed by atoms with Gasteiger partial charge >= 0.3 is 0 Å². The second-order valence-corrected chi connectivity index (χ2v) is 4.47. The Labute approximate surface area is 99.6 Å². The van der Waals surface area contributed by atoms with Crippen molar-refractivity contribution < 1.29 is 4.79 Å². The van der Waals surface area contributed by atoms with Crippen molar-refractivity contribution in [1.29, 1.82) is 0 Å². The summed E-state index contributed by atoms with van der Waals surface area (Å²) in [5, 5.41) is 0.255. The summed E-state index contributed by atoms with van der Waals surface area (Å²) in [6.45, 7) is 0. The number of hydrogen-bond donors (Lipinski definition) is 0. The Bertz CT molecular complexity index is 391. The first-order valence-electron chi connectivity index (χ1n) is 5.43. The van der Waals surface area contributed by atoms with Gasteiger partial charge in [-0.1, -0.05) is 24.4 Å². The summed E-state index contributed by atoms with van der Waals surface area (Å²) in [6, 6.07) is 0.341. The molecule has 4 nitrogen and oxygen atoms in total. The largest absolute Gasteiger partial charge is 0.337 e. The van der Waals surface area contributed by atoms with E-state index >= 15 is 0 Å². The van der Waals surface area contributed by atoms with Crippen molar-refractivity contribution in [2.24, 2.45) is 0 Å². The molecular weight excluding hydrogens is 226 g/mol. The average molecular weight is 240 g/mol. The molecule has 1 aromatic heterocycles. The Hall–Kier alpha value is -1.16. The summed E-state index contributed by atoms with van der Waals surface area (Å²) < 4.78 is 0. The number of amides is 1. The van der Waals surface area contributed by atoms with Crippen LogP contribution in [0, 0.1) is 0 Å². The van der Waals surface area contributed by atoms with E-state index in [2.05, 4.69) is 9.97 Å². The van der Waals surface area contributed by atoms with Crippen LogP contribution in [0.15, 0.2) is 12.4 Å². The van der Waals surface area contributed by atoms with Crippen LogP contribution in [0.1, 0.15) is 36.2 Å². The first-order valence-corrected chi connectivity index (χ1v) is 5.81. The molecule has 1 saturated carbocycles. The van der Waals surface area contributed by atoms with Crippen LogP contribution in [0.5, 0.6) is 0 Å². The van der Waals surface area contributed by atoms with Gasteiger partial charge in [0.1, 0.15) is 10.8 Å². The summed E-state index contributed by atoms with van der Waals surface area (Å²) >= 11 is 5.71. The maximum absolute atomic E-state index is 12.0. The minimum atomic E-state index is -0.0955. The maximum Gasteiger partial charge on any atom is 0.274 e. The van der Waals surface area contributed by atoms with E-state index in [1.54, 1.807) is 4.90 Å². The molecule has 0 saturated heterocycles. The van der Waals surface area contributed by atoms with E-state index in [4.69, 9.17) is 11.6 Å². The number of aromatic nitrogens is 2. The van der Waals surface area contributed by atoms with Crippen molar-refractivity contribution in [3.8, 4) is 0 Å². The van der Waals surface area contributed by atoms with Gasteiger partial charge in [0.2, 0.25) is 0 Å². The van der Waals surface area contributed by atoms with E-state index in [0.29, 0.717) is 11.7 Å². The Balaban J connectivity index is 2.12. The first kappa shape index (κ1) is 11.3. The molecule has 16 heavy (non-hydrogen) atoms. The summed E-state index contributed by atoms with van der Waals surface area (Å²) in [7, 11) is 1.82. The van der Waals surface area contributed by atoms with E-state index in [-0.39, 0.29) is 11.1 Å². The van der Waals surface area contributed by atoms with Crippen molar-refractivity contribution >= 4 is 17.5 Å². The minimum absolute atomic E-state index is 0.0955. The Morgan fingerprint density at radius 2 is 2.12 bits per heavy atom. The van der Waals surface area contributed by atoms with Gasteiger partial charge < -0.3 is 4.90 Å². The molecule has 1 heterocycles. The van der Waals surface area contributed by atoms with Gasteiger partial charge in [-0.15, -0.1) is 0 Å². The van der Waals surface area contributed by atoms with Crippen LogP contribution in [0.2, 0.25) is 5.15 Å². The SMILES string of the molecule is CN(C(=O)c1cncc(Cl)n1)C1CCCC1. The molecule has 1 fully saturated rings. The molecule has 0 unspecified atom stereocenters. The van der Waals surface area contributed by atoms with Crippen molar-refractivity contribution in [3.63, 3.8) is 0 Å². The third-order valence-electron chi connectivity index (χ3n) is 3.02. The average Bonchev–Trinajstić information content (AvgIpc) is 2.80. The maximum atomic E-state index is 12.0. The van der Waals surface area contributed by atoms with E-state index in [9.17, 15) is 4.79 Å². The highest BCUT2D eigenvalue weighted by Crippen LogP contribution is 2.23. The van der Waals surface area contributed by atoms with Gasteiger partial charge in [0, 0.05) is 13.1 Å². The van der Waals surface area contributed by atoms with Crippen LogP contribution in [0.4, 0.5) is 0 Å². The molecule has 1 aromatic rings. The smallest absolute Gasteiger partial charge is 0.274 e. The quantitative estimate of drug-likeness (QED) is 0.795. The third-order valence-corrected chi connectivity index (χ3v) is 3.20. The fourth-order valence-electron chi connectivity index (χ4n) is 2.08. The van der Waals surface area contributed by atoms with Gasteiger partial charge in [0.05, 0.1) is 12.4 Å². The number of hydrogen-bond acceptors (Lipinski definition) is 3. The summed E-state index contributed by atoms with van der Waals surface area (Å²) in [5.41, 5.74) is 0.321. The van der Waals surface area contributed by atoms with Gasteiger partial charge in [-0.05, 0) is 12.8 Å². The zero-order valence-corrected chi connectivity index (χ0v) is 9.94. The molecule has 2 rings (SSSR count). The van der Waals surface area contributed by atoms with Crippen molar-refractivity contribution in [2.45, 2.75) is 31.7 Å². The van der Waals surface area contributed by atoms with Crippen LogP contribution < -0.4 is 0 Å². The van der Waals surface area contributed by atoms with E-state index in [1.165, 1.54) is 25.2 Å². The van der Waals surface area contributed by atoms with Crippen LogP contribution >= 0.6 is 11.6 Å². The summed E-state index contributed by atoms with van der Waals surface area (Å²) in [6.07, 6.45) is 7.44. The lowest BCUT2D eigenvalue weighted by Gasteiger charge is -2.23. The molecular formula is C11H14ClN3O. The van der Waals surface area contributed by atoms with Crippen LogP contribution in [0.3, 0.4) is 0 Å². The fraction of sp³-hybridized carbons (Fsp3) is 0.545. The molecule has 1 aliphatic rings. The molecule has 0 bridgehead atoms. The van der Waals surface area contributed by atoms with Crippen LogP contribution in [0.25, 0.3) is 0 Å². The monoisotopic (exact) mass is 239 g/mol. The number of nitrogens with zero attached hydrogens (tertiary/aromatic N) is 3. The van der Waals surface area contributed by atoms with E-state index < -0.39 is 0 Å². The fourth-order valence-corrected chi connectivity index (χ4v) is 2.23. The molecule has 86 valence electrons. The van der Waals surface area contributed by atoms with E-state index in [1.807, 2.05) is 7.05 Å². The molecule has 0 spiro atoms. The molecule has 0 N–H and O–H groups in total. The topological polar surface area (TPSA) is 46.1 Å². The van der Waals surface area contributed by atoms with Gasteiger partial charge in [0.25, 0.3) is 5.91 Å². The van der Waals surface area contributed by atoms with E-state index in [0.717, 1.165) is 12.8 Å². The molecule has 0 atom stereocenters. The van der Waals surface area contributed by atoms with Crippen LogP contribution in [-0.4, -0.2) is 33.9 Å². The predicted molar refractivity (Wildman–Crippen MR) is 61.4 cm³/mol. The van der Waals surface area contributed by atoms with Crippen molar-refractivity contribution in [1.82, 2.24) is 14.9 Å². The molecule has 0 aromatic carbocycles. The number of rotatable bonds is 2. The number of carbonyl (C=O) groups is 1. The number of halogens is 1. The molecule has 5 heteroatoms. The highest BCUT2D eigenvalue weighted by molar-refractivity contribution is 6.29. The van der Waals surface area contributed by atoms with Crippen molar-refractivity contribution in [2.75, 3.05) is 7.05 Å². The lowest BCUT2D eigenvalue weighted by atomic mass is 10.2.